The lowest BCUT2D eigenvalue weighted by Crippen LogP contribution is -2.33. The van der Waals surface area contributed by atoms with E-state index in [9.17, 15) is 19.7 Å². The van der Waals surface area contributed by atoms with E-state index in [0.29, 0.717) is 10.6 Å². The number of aromatic amines is 1. The number of nitrogens with one attached hydrogen (secondary N) is 2. The second kappa shape index (κ2) is 5.79. The molecule has 2 N–H and O–H groups in total. The molecule has 1 aromatic heterocycles. The molecule has 0 aliphatic carbocycles. The van der Waals surface area contributed by atoms with Crippen LogP contribution in [0, 0.1) is 10.1 Å². The zero-order chi connectivity index (χ0) is 15.6. The molecule has 9 nitrogen and oxygen atoms in total. The molecule has 0 radical (unpaired) electrons. The molecule has 0 unspecified atom stereocenters. The van der Waals surface area contributed by atoms with Crippen molar-refractivity contribution in [3.05, 3.63) is 49.0 Å². The van der Waals surface area contributed by atoms with Crippen molar-refractivity contribution < 1.29 is 4.92 Å². The summed E-state index contributed by atoms with van der Waals surface area (Å²) in [6.07, 6.45) is 0. The van der Waals surface area contributed by atoms with E-state index in [4.69, 9.17) is 0 Å². The number of aryl methyl sites for hydroxylation is 1. The summed E-state index contributed by atoms with van der Waals surface area (Å²) in [5, 5.41) is 16.4. The van der Waals surface area contributed by atoms with E-state index in [2.05, 4.69) is 15.4 Å². The maximum absolute atomic E-state index is 11.3. The minimum absolute atomic E-state index is 0.120. The fourth-order valence-electron chi connectivity index (χ4n) is 1.64. The summed E-state index contributed by atoms with van der Waals surface area (Å²) >= 11 is 0.922. The molecule has 0 saturated heterocycles. The highest BCUT2D eigenvalue weighted by atomic mass is 32.2. The van der Waals surface area contributed by atoms with Crippen LogP contribution in [0.1, 0.15) is 0 Å². The zero-order valence-corrected chi connectivity index (χ0v) is 11.9. The Morgan fingerprint density at radius 1 is 1.43 bits per heavy atom. The van der Waals surface area contributed by atoms with Gasteiger partial charge >= 0.3 is 16.8 Å². The molecule has 0 aliphatic rings. The number of hydrogen-bond donors (Lipinski definition) is 2. The van der Waals surface area contributed by atoms with Gasteiger partial charge in [-0.2, -0.15) is 4.98 Å². The summed E-state index contributed by atoms with van der Waals surface area (Å²) in [4.78, 5) is 37.0. The molecular weight excluding hydrogens is 298 g/mol. The second-order valence-electron chi connectivity index (χ2n) is 3.96. The Hall–Kier alpha value is -2.62. The first-order valence-corrected chi connectivity index (χ1v) is 6.56. The van der Waals surface area contributed by atoms with Crippen LogP contribution in [-0.2, 0) is 7.05 Å². The predicted octanol–water partition coefficient (Wildman–Crippen LogP) is 0.570. The fourth-order valence-corrected chi connectivity index (χ4v) is 2.58. The molecule has 2 rings (SSSR count). The molecule has 0 atom stereocenters. The molecule has 10 heteroatoms. The first kappa shape index (κ1) is 14.8. The number of benzene rings is 1. The molecular formula is C11H11N5O4S. The Morgan fingerprint density at radius 3 is 2.76 bits per heavy atom. The number of hydrogen-bond acceptors (Lipinski definition) is 7. The summed E-state index contributed by atoms with van der Waals surface area (Å²) in [6.45, 7) is 0. The highest BCUT2D eigenvalue weighted by molar-refractivity contribution is 7.99. The van der Waals surface area contributed by atoms with Gasteiger partial charge in [0.1, 0.15) is 5.69 Å². The van der Waals surface area contributed by atoms with Crippen LogP contribution in [0.25, 0.3) is 0 Å². The molecule has 1 aromatic carbocycles. The molecule has 0 amide bonds. The molecule has 0 spiro atoms. The smallest absolute Gasteiger partial charge is 0.339 e. The van der Waals surface area contributed by atoms with Crippen LogP contribution in [-0.4, -0.2) is 26.7 Å². The van der Waals surface area contributed by atoms with E-state index in [1.54, 1.807) is 25.2 Å². The van der Waals surface area contributed by atoms with Crippen LogP contribution in [0.15, 0.2) is 37.8 Å². The largest absolute Gasteiger partial charge is 0.383 e. The van der Waals surface area contributed by atoms with Gasteiger partial charge in [0.15, 0.2) is 5.16 Å². The first-order valence-electron chi connectivity index (χ1n) is 5.74. The Kier molecular flexibility index (Phi) is 4.08. The van der Waals surface area contributed by atoms with E-state index in [0.717, 1.165) is 11.8 Å². The van der Waals surface area contributed by atoms with Crippen molar-refractivity contribution in [1.82, 2.24) is 14.8 Å². The number of H-pyrrole nitrogens is 1. The van der Waals surface area contributed by atoms with E-state index >= 15 is 0 Å². The van der Waals surface area contributed by atoms with E-state index in [-0.39, 0.29) is 10.8 Å². The molecule has 0 bridgehead atoms. The Morgan fingerprint density at radius 2 is 2.14 bits per heavy atom. The van der Waals surface area contributed by atoms with Gasteiger partial charge in [-0.3, -0.25) is 29.5 Å². The number of rotatable bonds is 4. The Balaban J connectivity index is 2.55. The Bertz CT molecular complexity index is 813. The number of nitro groups is 1. The van der Waals surface area contributed by atoms with Gasteiger partial charge in [-0.05, 0) is 23.9 Å². The van der Waals surface area contributed by atoms with Crippen LogP contribution in [0.2, 0.25) is 0 Å². The highest BCUT2D eigenvalue weighted by Crippen LogP contribution is 2.37. The summed E-state index contributed by atoms with van der Waals surface area (Å²) < 4.78 is 1.24. The summed E-state index contributed by atoms with van der Waals surface area (Å²) in [5.74, 6) is 0. The molecule has 2 aromatic rings. The highest BCUT2D eigenvalue weighted by Gasteiger charge is 2.21. The van der Waals surface area contributed by atoms with Crippen LogP contribution < -0.4 is 16.4 Å². The quantitative estimate of drug-likeness (QED) is 0.481. The average molecular weight is 309 g/mol. The van der Waals surface area contributed by atoms with Gasteiger partial charge in [0.25, 0.3) is 0 Å². The van der Waals surface area contributed by atoms with Crippen molar-refractivity contribution in [1.29, 1.82) is 0 Å². The summed E-state index contributed by atoms with van der Waals surface area (Å²) in [7, 11) is 3.06. The minimum atomic E-state index is -0.942. The third-order valence-electron chi connectivity index (χ3n) is 2.60. The van der Waals surface area contributed by atoms with Crippen LogP contribution in [0.5, 0.6) is 0 Å². The number of para-hydroxylation sites is 1. The Labute approximate surface area is 122 Å². The number of nitrogens with zero attached hydrogens (tertiary/aromatic N) is 3. The standard InChI is InChI=1S/C11H11N5O4S/c1-12-6-4-3-5-7(8(6)16(19)20)21-11-13-9(17)10(18)14-15(11)2/h3-5,12H,1-2H3,(H,14,18). The SMILES string of the molecule is CNc1cccc(Sc2nc(=O)c(=O)[nH]n2C)c1[N+](=O)[O-]. The van der Waals surface area contributed by atoms with Gasteiger partial charge in [0.2, 0.25) is 0 Å². The number of anilines is 1. The molecule has 0 fully saturated rings. The van der Waals surface area contributed by atoms with Crippen LogP contribution in [0.3, 0.4) is 0 Å². The van der Waals surface area contributed by atoms with Gasteiger partial charge in [0, 0.05) is 14.1 Å². The molecule has 0 aliphatic heterocycles. The lowest BCUT2D eigenvalue weighted by Gasteiger charge is -2.08. The van der Waals surface area contributed by atoms with Gasteiger partial charge in [-0.15, -0.1) is 0 Å². The zero-order valence-electron chi connectivity index (χ0n) is 11.1. The van der Waals surface area contributed by atoms with Crippen molar-refractivity contribution >= 4 is 23.1 Å². The van der Waals surface area contributed by atoms with Crippen molar-refractivity contribution in [2.45, 2.75) is 10.1 Å². The molecule has 1 heterocycles. The molecule has 0 saturated carbocycles. The second-order valence-corrected chi connectivity index (χ2v) is 4.97. The van der Waals surface area contributed by atoms with Crippen molar-refractivity contribution in [2.75, 3.05) is 12.4 Å². The third kappa shape index (κ3) is 2.94. The number of nitro benzene ring substituents is 1. The predicted molar refractivity (Wildman–Crippen MR) is 76.9 cm³/mol. The maximum Gasteiger partial charge on any atom is 0.339 e. The normalized spacial score (nSPS) is 10.4. The van der Waals surface area contributed by atoms with Gasteiger partial charge in [0.05, 0.1) is 9.82 Å². The number of aromatic nitrogens is 3. The minimum Gasteiger partial charge on any atom is -0.383 e. The summed E-state index contributed by atoms with van der Waals surface area (Å²) in [5.41, 5.74) is -1.56. The topological polar surface area (TPSA) is 123 Å². The monoisotopic (exact) mass is 309 g/mol. The van der Waals surface area contributed by atoms with Crippen molar-refractivity contribution in [3.63, 3.8) is 0 Å². The van der Waals surface area contributed by atoms with Crippen LogP contribution >= 0.6 is 11.8 Å². The maximum atomic E-state index is 11.3. The first-order chi connectivity index (χ1) is 9.93. The van der Waals surface area contributed by atoms with Gasteiger partial charge in [-0.25, -0.2) is 0 Å². The lowest BCUT2D eigenvalue weighted by molar-refractivity contribution is -0.386. The third-order valence-corrected chi connectivity index (χ3v) is 3.70. The van der Waals surface area contributed by atoms with Gasteiger partial charge < -0.3 is 5.32 Å². The summed E-state index contributed by atoms with van der Waals surface area (Å²) in [6, 6.07) is 4.76. The molecule has 21 heavy (non-hydrogen) atoms. The molecule has 110 valence electrons. The van der Waals surface area contributed by atoms with E-state index in [1.165, 1.54) is 11.7 Å². The van der Waals surface area contributed by atoms with Crippen molar-refractivity contribution in [3.8, 4) is 0 Å². The van der Waals surface area contributed by atoms with E-state index < -0.39 is 16.0 Å². The fraction of sp³-hybridized carbons (Fsp3) is 0.182. The lowest BCUT2D eigenvalue weighted by atomic mass is 10.3. The van der Waals surface area contributed by atoms with E-state index in [1.807, 2.05) is 0 Å². The average Bonchev–Trinajstić information content (AvgIpc) is 2.44. The van der Waals surface area contributed by atoms with Crippen LogP contribution in [0.4, 0.5) is 11.4 Å². The van der Waals surface area contributed by atoms with Crippen molar-refractivity contribution in [2.24, 2.45) is 7.05 Å². The van der Waals surface area contributed by atoms with Gasteiger partial charge in [-0.1, -0.05) is 6.07 Å².